The Bertz CT molecular complexity index is 1320. The lowest BCUT2D eigenvalue weighted by atomic mass is 9.99. The molecule has 0 saturated carbocycles. The Morgan fingerprint density at radius 1 is 1.09 bits per heavy atom. The molecule has 2 heterocycles. The van der Waals surface area contributed by atoms with E-state index in [9.17, 15) is 18.0 Å². The SMILES string of the molecule is CC[C@@H](C)c1ccc(NC(=O)c2nc3nc(-c4ccc(OC)cc4)cc(C(F)(F)F)n3n2)cc1. The predicted octanol–water partition coefficient (Wildman–Crippen LogP) is 5.58. The largest absolute Gasteiger partial charge is 0.497 e. The normalized spacial score (nSPS) is 12.5. The standard InChI is InChI=1S/C24H22F3N5O2/c1-4-14(2)15-5-9-17(10-6-15)28-22(33)21-30-23-29-19(16-7-11-18(34-3)12-8-16)13-20(24(25,26)27)32(23)31-21/h5-14H,4H2,1-3H3,(H,28,33)/t14-/m1/s1. The van der Waals surface area contributed by atoms with Crippen molar-refractivity contribution in [3.05, 3.63) is 71.7 Å². The van der Waals surface area contributed by atoms with Crippen LogP contribution in [-0.4, -0.2) is 32.6 Å². The minimum Gasteiger partial charge on any atom is -0.497 e. The minimum atomic E-state index is -4.74. The van der Waals surface area contributed by atoms with Crippen molar-refractivity contribution < 1.29 is 22.7 Å². The van der Waals surface area contributed by atoms with E-state index in [0.29, 0.717) is 27.4 Å². The van der Waals surface area contributed by atoms with E-state index in [2.05, 4.69) is 34.2 Å². The number of halogens is 3. The lowest BCUT2D eigenvalue weighted by molar-refractivity contribution is -0.142. The van der Waals surface area contributed by atoms with Gasteiger partial charge in [0.25, 0.3) is 11.7 Å². The van der Waals surface area contributed by atoms with Gasteiger partial charge >= 0.3 is 6.18 Å². The number of amides is 1. The summed E-state index contributed by atoms with van der Waals surface area (Å²) in [5, 5.41) is 6.41. The van der Waals surface area contributed by atoms with Gasteiger partial charge in [0.2, 0.25) is 5.82 Å². The molecule has 7 nitrogen and oxygen atoms in total. The lowest BCUT2D eigenvalue weighted by Crippen LogP contribution is -2.16. The van der Waals surface area contributed by atoms with Crippen molar-refractivity contribution in [2.45, 2.75) is 32.4 Å². The molecule has 1 N–H and O–H groups in total. The second-order valence-electron chi connectivity index (χ2n) is 7.79. The highest BCUT2D eigenvalue weighted by atomic mass is 19.4. The van der Waals surface area contributed by atoms with Gasteiger partial charge in [-0.2, -0.15) is 22.7 Å². The van der Waals surface area contributed by atoms with Crippen LogP contribution in [-0.2, 0) is 6.18 Å². The van der Waals surface area contributed by atoms with Crippen molar-refractivity contribution in [1.29, 1.82) is 0 Å². The van der Waals surface area contributed by atoms with E-state index in [-0.39, 0.29) is 11.5 Å². The average molecular weight is 469 g/mol. The van der Waals surface area contributed by atoms with Crippen molar-refractivity contribution in [3.63, 3.8) is 0 Å². The number of hydrogen-bond acceptors (Lipinski definition) is 5. The fraction of sp³-hybridized carbons (Fsp3) is 0.250. The molecule has 0 aliphatic heterocycles. The van der Waals surface area contributed by atoms with Gasteiger partial charge in [0.1, 0.15) is 5.75 Å². The number of hydrogen-bond donors (Lipinski definition) is 1. The van der Waals surface area contributed by atoms with Crippen molar-refractivity contribution in [1.82, 2.24) is 19.6 Å². The number of carbonyl (C=O) groups excluding carboxylic acids is 1. The molecule has 2 aromatic heterocycles. The number of benzene rings is 2. The molecule has 0 spiro atoms. The van der Waals surface area contributed by atoms with Crippen molar-refractivity contribution in [2.75, 3.05) is 12.4 Å². The summed E-state index contributed by atoms with van der Waals surface area (Å²) in [5.41, 5.74) is 0.995. The van der Waals surface area contributed by atoms with E-state index < -0.39 is 23.6 Å². The van der Waals surface area contributed by atoms with Crippen LogP contribution in [0.2, 0.25) is 0 Å². The Labute approximate surface area is 193 Å². The molecule has 1 amide bonds. The smallest absolute Gasteiger partial charge is 0.433 e. The second kappa shape index (κ2) is 9.12. The van der Waals surface area contributed by atoms with E-state index in [1.165, 1.54) is 7.11 Å². The van der Waals surface area contributed by atoms with E-state index in [1.54, 1.807) is 36.4 Å². The number of nitrogens with one attached hydrogen (secondary N) is 1. The Morgan fingerprint density at radius 2 is 1.76 bits per heavy atom. The molecule has 34 heavy (non-hydrogen) atoms. The summed E-state index contributed by atoms with van der Waals surface area (Å²) >= 11 is 0. The third kappa shape index (κ3) is 4.70. The summed E-state index contributed by atoms with van der Waals surface area (Å²) in [6.07, 6.45) is -3.76. The molecule has 1 atom stereocenters. The second-order valence-corrected chi connectivity index (χ2v) is 7.79. The van der Waals surface area contributed by atoms with Gasteiger partial charge in [-0.05, 0) is 60.4 Å². The summed E-state index contributed by atoms with van der Waals surface area (Å²) in [6.45, 7) is 4.18. The van der Waals surface area contributed by atoms with Crippen LogP contribution in [0.3, 0.4) is 0 Å². The van der Waals surface area contributed by atoms with Crippen LogP contribution in [0.15, 0.2) is 54.6 Å². The predicted molar refractivity (Wildman–Crippen MR) is 121 cm³/mol. The van der Waals surface area contributed by atoms with E-state index >= 15 is 0 Å². The van der Waals surface area contributed by atoms with Gasteiger partial charge in [-0.25, -0.2) is 4.98 Å². The molecule has 0 aliphatic rings. The fourth-order valence-corrected chi connectivity index (χ4v) is 3.39. The van der Waals surface area contributed by atoms with Gasteiger partial charge in [0, 0.05) is 11.3 Å². The zero-order valence-electron chi connectivity index (χ0n) is 18.7. The van der Waals surface area contributed by atoms with E-state index in [4.69, 9.17) is 4.74 Å². The number of nitrogens with zero attached hydrogens (tertiary/aromatic N) is 4. The molecule has 0 saturated heterocycles. The van der Waals surface area contributed by atoms with Gasteiger partial charge < -0.3 is 10.1 Å². The summed E-state index contributed by atoms with van der Waals surface area (Å²) in [5.74, 6) is -0.564. The van der Waals surface area contributed by atoms with Crippen LogP contribution in [0.5, 0.6) is 5.75 Å². The molecule has 4 rings (SSSR count). The van der Waals surface area contributed by atoms with Gasteiger partial charge in [-0.1, -0.05) is 26.0 Å². The van der Waals surface area contributed by atoms with Crippen molar-refractivity contribution in [3.8, 4) is 17.0 Å². The number of fused-ring (bicyclic) bond motifs is 1. The number of methoxy groups -OCH3 is 1. The van der Waals surface area contributed by atoms with Crippen molar-refractivity contribution in [2.24, 2.45) is 0 Å². The Hall–Kier alpha value is -3.95. The van der Waals surface area contributed by atoms with Crippen LogP contribution in [0, 0.1) is 0 Å². The molecule has 0 aliphatic carbocycles. The first-order valence-corrected chi connectivity index (χ1v) is 10.6. The topological polar surface area (TPSA) is 81.4 Å². The highest BCUT2D eigenvalue weighted by molar-refractivity contribution is 6.01. The fourth-order valence-electron chi connectivity index (χ4n) is 3.39. The van der Waals surface area contributed by atoms with E-state index in [0.717, 1.165) is 18.1 Å². The maximum atomic E-state index is 13.8. The Morgan fingerprint density at radius 3 is 2.35 bits per heavy atom. The quantitative estimate of drug-likeness (QED) is 0.398. The number of ether oxygens (including phenoxy) is 1. The molecular formula is C24H22F3N5O2. The van der Waals surface area contributed by atoms with Crippen LogP contribution >= 0.6 is 0 Å². The summed E-state index contributed by atoms with van der Waals surface area (Å²) < 4.78 is 47.0. The summed E-state index contributed by atoms with van der Waals surface area (Å²) in [6, 6.07) is 14.5. The van der Waals surface area contributed by atoms with Crippen molar-refractivity contribution >= 4 is 17.4 Å². The van der Waals surface area contributed by atoms with Gasteiger partial charge in [-0.3, -0.25) is 4.79 Å². The molecule has 10 heteroatoms. The van der Waals surface area contributed by atoms with Gasteiger partial charge in [-0.15, -0.1) is 5.10 Å². The zero-order valence-corrected chi connectivity index (χ0v) is 18.7. The average Bonchev–Trinajstić information content (AvgIpc) is 3.27. The number of anilines is 1. The minimum absolute atomic E-state index is 0.0440. The highest BCUT2D eigenvalue weighted by Crippen LogP contribution is 2.32. The lowest BCUT2D eigenvalue weighted by Gasteiger charge is -2.10. The first-order chi connectivity index (χ1) is 16.2. The molecule has 0 unspecified atom stereocenters. The molecular weight excluding hydrogens is 447 g/mol. The van der Waals surface area contributed by atoms with Crippen LogP contribution < -0.4 is 10.1 Å². The number of aromatic nitrogens is 4. The number of rotatable bonds is 6. The summed E-state index contributed by atoms with van der Waals surface area (Å²) in [4.78, 5) is 20.8. The third-order valence-electron chi connectivity index (χ3n) is 5.54. The molecule has 2 aromatic carbocycles. The maximum absolute atomic E-state index is 13.8. The van der Waals surface area contributed by atoms with Gasteiger partial charge in [0.15, 0.2) is 5.69 Å². The first-order valence-electron chi connectivity index (χ1n) is 10.6. The van der Waals surface area contributed by atoms with E-state index in [1.807, 2.05) is 12.1 Å². The molecule has 176 valence electrons. The Balaban J connectivity index is 1.68. The zero-order chi connectivity index (χ0) is 24.5. The monoisotopic (exact) mass is 469 g/mol. The molecule has 0 fully saturated rings. The maximum Gasteiger partial charge on any atom is 0.433 e. The van der Waals surface area contributed by atoms with Gasteiger partial charge in [0.05, 0.1) is 12.8 Å². The summed E-state index contributed by atoms with van der Waals surface area (Å²) in [7, 11) is 1.49. The molecule has 4 aromatic rings. The highest BCUT2D eigenvalue weighted by Gasteiger charge is 2.36. The molecule has 0 bridgehead atoms. The molecule has 0 radical (unpaired) electrons. The number of alkyl halides is 3. The number of carbonyl (C=O) groups is 1. The Kier molecular flexibility index (Phi) is 6.23. The van der Waals surface area contributed by atoms with Crippen LogP contribution in [0.4, 0.5) is 18.9 Å². The van der Waals surface area contributed by atoms with Crippen LogP contribution in [0.25, 0.3) is 17.0 Å². The third-order valence-corrected chi connectivity index (χ3v) is 5.54. The first kappa shape index (κ1) is 23.2. The van der Waals surface area contributed by atoms with Crippen LogP contribution in [0.1, 0.15) is 48.1 Å².